The first kappa shape index (κ1) is 17.1. The van der Waals surface area contributed by atoms with Crippen molar-refractivity contribution in [1.82, 2.24) is 4.90 Å². The van der Waals surface area contributed by atoms with E-state index in [1.165, 1.54) is 31.0 Å². The summed E-state index contributed by atoms with van der Waals surface area (Å²) in [7, 11) is 1.75. The molecule has 22 heavy (non-hydrogen) atoms. The minimum absolute atomic E-state index is 0.759. The first-order valence-corrected chi connectivity index (χ1v) is 8.49. The lowest BCUT2D eigenvalue weighted by Crippen LogP contribution is -2.47. The zero-order valence-electron chi connectivity index (χ0n) is 14.3. The Bertz CT molecular complexity index is 411. The second kappa shape index (κ2) is 9.01. The highest BCUT2D eigenvalue weighted by Crippen LogP contribution is 2.19. The van der Waals surface area contributed by atoms with Crippen LogP contribution in [0.3, 0.4) is 0 Å². The van der Waals surface area contributed by atoms with Crippen LogP contribution in [-0.2, 0) is 4.74 Å². The number of rotatable bonds is 8. The Balaban J connectivity index is 1.76. The van der Waals surface area contributed by atoms with Crippen LogP contribution < -0.4 is 10.2 Å². The lowest BCUT2D eigenvalue weighted by Gasteiger charge is -2.36. The molecule has 0 atom stereocenters. The van der Waals surface area contributed by atoms with E-state index in [4.69, 9.17) is 4.74 Å². The second-order valence-electron chi connectivity index (χ2n) is 6.50. The SMILES string of the molecule is COCCCNc1ccc(N2CCN(CC(C)C)CC2)cc1. The minimum Gasteiger partial charge on any atom is -0.385 e. The molecule has 0 amide bonds. The summed E-state index contributed by atoms with van der Waals surface area (Å²) in [5.74, 6) is 0.759. The predicted octanol–water partition coefficient (Wildman–Crippen LogP) is 2.91. The van der Waals surface area contributed by atoms with Gasteiger partial charge in [-0.1, -0.05) is 13.8 Å². The van der Waals surface area contributed by atoms with Crippen molar-refractivity contribution < 1.29 is 4.74 Å². The highest BCUT2D eigenvalue weighted by atomic mass is 16.5. The predicted molar refractivity (Wildman–Crippen MR) is 94.9 cm³/mol. The van der Waals surface area contributed by atoms with Gasteiger partial charge in [-0.05, 0) is 36.6 Å². The Hall–Kier alpha value is -1.26. The van der Waals surface area contributed by atoms with E-state index in [0.717, 1.165) is 38.6 Å². The maximum atomic E-state index is 5.06. The quantitative estimate of drug-likeness (QED) is 0.747. The van der Waals surface area contributed by atoms with Crippen LogP contribution in [0.25, 0.3) is 0 Å². The van der Waals surface area contributed by atoms with Crippen LogP contribution in [-0.4, -0.2) is 57.9 Å². The molecule has 0 radical (unpaired) electrons. The fourth-order valence-electron chi connectivity index (χ4n) is 2.94. The van der Waals surface area contributed by atoms with E-state index >= 15 is 0 Å². The van der Waals surface area contributed by atoms with Gasteiger partial charge in [-0.25, -0.2) is 0 Å². The second-order valence-corrected chi connectivity index (χ2v) is 6.50. The van der Waals surface area contributed by atoms with Crippen molar-refractivity contribution in [2.45, 2.75) is 20.3 Å². The molecule has 0 bridgehead atoms. The smallest absolute Gasteiger partial charge is 0.0479 e. The lowest BCUT2D eigenvalue weighted by atomic mass is 10.2. The van der Waals surface area contributed by atoms with Crippen LogP contribution in [0.5, 0.6) is 0 Å². The molecule has 0 spiro atoms. The molecule has 1 saturated heterocycles. The standard InChI is InChI=1S/C18H31N3O/c1-16(2)15-20-10-12-21(13-11-20)18-7-5-17(6-8-18)19-9-4-14-22-3/h5-8,16,19H,4,9-15H2,1-3H3. The maximum Gasteiger partial charge on any atom is 0.0479 e. The van der Waals surface area contributed by atoms with E-state index in [2.05, 4.69) is 53.2 Å². The molecule has 1 aromatic carbocycles. The Morgan fingerprint density at radius 2 is 1.77 bits per heavy atom. The van der Waals surface area contributed by atoms with Gasteiger partial charge in [-0.3, -0.25) is 4.90 Å². The summed E-state index contributed by atoms with van der Waals surface area (Å²) < 4.78 is 5.06. The van der Waals surface area contributed by atoms with Crippen molar-refractivity contribution in [3.63, 3.8) is 0 Å². The van der Waals surface area contributed by atoms with Gasteiger partial charge in [0.05, 0.1) is 0 Å². The highest BCUT2D eigenvalue weighted by molar-refractivity contribution is 5.55. The van der Waals surface area contributed by atoms with Crippen LogP contribution in [0.2, 0.25) is 0 Å². The molecule has 0 saturated carbocycles. The van der Waals surface area contributed by atoms with Crippen LogP contribution in [0.1, 0.15) is 20.3 Å². The summed E-state index contributed by atoms with van der Waals surface area (Å²) in [6.45, 7) is 12.2. The summed E-state index contributed by atoms with van der Waals surface area (Å²) in [5.41, 5.74) is 2.53. The molecular formula is C18H31N3O. The van der Waals surface area contributed by atoms with Crippen LogP contribution >= 0.6 is 0 Å². The van der Waals surface area contributed by atoms with Gasteiger partial charge >= 0.3 is 0 Å². The van der Waals surface area contributed by atoms with Crippen molar-refractivity contribution in [1.29, 1.82) is 0 Å². The van der Waals surface area contributed by atoms with E-state index in [9.17, 15) is 0 Å². The zero-order chi connectivity index (χ0) is 15.8. The molecule has 2 rings (SSSR count). The largest absolute Gasteiger partial charge is 0.385 e. The average molecular weight is 305 g/mol. The molecule has 4 nitrogen and oxygen atoms in total. The Kier molecular flexibility index (Phi) is 7.00. The fraction of sp³-hybridized carbons (Fsp3) is 0.667. The van der Waals surface area contributed by atoms with Gasteiger partial charge in [0, 0.05) is 64.4 Å². The molecule has 0 unspecified atom stereocenters. The normalized spacial score (nSPS) is 16.3. The lowest BCUT2D eigenvalue weighted by molar-refractivity contribution is 0.198. The third-order valence-corrected chi connectivity index (χ3v) is 4.08. The molecule has 1 aliphatic heterocycles. The summed E-state index contributed by atoms with van der Waals surface area (Å²) in [6.07, 6.45) is 1.04. The van der Waals surface area contributed by atoms with Crippen LogP contribution in [0, 0.1) is 5.92 Å². The van der Waals surface area contributed by atoms with Crippen molar-refractivity contribution in [2.24, 2.45) is 5.92 Å². The molecule has 1 N–H and O–H groups in total. The summed E-state index contributed by atoms with van der Waals surface area (Å²) in [6, 6.07) is 8.83. The van der Waals surface area contributed by atoms with Gasteiger partial charge in [0.2, 0.25) is 0 Å². The van der Waals surface area contributed by atoms with Gasteiger partial charge in [0.25, 0.3) is 0 Å². The molecule has 0 aliphatic carbocycles. The van der Waals surface area contributed by atoms with Crippen LogP contribution in [0.4, 0.5) is 11.4 Å². The summed E-state index contributed by atoms with van der Waals surface area (Å²) >= 11 is 0. The van der Waals surface area contributed by atoms with Crippen molar-refractivity contribution >= 4 is 11.4 Å². The van der Waals surface area contributed by atoms with Gasteiger partial charge in [-0.15, -0.1) is 0 Å². The molecule has 1 heterocycles. The van der Waals surface area contributed by atoms with E-state index in [0.29, 0.717) is 0 Å². The van der Waals surface area contributed by atoms with Gasteiger partial charge in [0.1, 0.15) is 0 Å². The number of hydrogen-bond acceptors (Lipinski definition) is 4. The molecule has 1 aliphatic rings. The number of anilines is 2. The number of nitrogens with one attached hydrogen (secondary N) is 1. The topological polar surface area (TPSA) is 27.7 Å². The molecule has 124 valence electrons. The number of ether oxygens (including phenoxy) is 1. The molecule has 1 aromatic rings. The average Bonchev–Trinajstić information content (AvgIpc) is 2.52. The number of piperazine rings is 1. The monoisotopic (exact) mass is 305 g/mol. The first-order chi connectivity index (χ1) is 10.7. The Labute approximate surface area is 135 Å². The number of methoxy groups -OCH3 is 1. The Morgan fingerprint density at radius 3 is 2.36 bits per heavy atom. The first-order valence-electron chi connectivity index (χ1n) is 8.49. The fourth-order valence-corrected chi connectivity index (χ4v) is 2.94. The van der Waals surface area contributed by atoms with Crippen molar-refractivity contribution in [3.05, 3.63) is 24.3 Å². The highest BCUT2D eigenvalue weighted by Gasteiger charge is 2.17. The van der Waals surface area contributed by atoms with Crippen LogP contribution in [0.15, 0.2) is 24.3 Å². The molecule has 0 aromatic heterocycles. The maximum absolute atomic E-state index is 5.06. The van der Waals surface area contributed by atoms with Gasteiger partial charge in [-0.2, -0.15) is 0 Å². The Morgan fingerprint density at radius 1 is 1.09 bits per heavy atom. The molecular weight excluding hydrogens is 274 g/mol. The van der Waals surface area contributed by atoms with E-state index in [1.807, 2.05) is 0 Å². The van der Waals surface area contributed by atoms with Gasteiger partial charge in [0.15, 0.2) is 0 Å². The van der Waals surface area contributed by atoms with E-state index in [1.54, 1.807) is 7.11 Å². The van der Waals surface area contributed by atoms with Gasteiger partial charge < -0.3 is 15.0 Å². The molecule has 1 fully saturated rings. The third kappa shape index (κ3) is 5.50. The van der Waals surface area contributed by atoms with E-state index < -0.39 is 0 Å². The third-order valence-electron chi connectivity index (χ3n) is 4.08. The number of benzene rings is 1. The number of hydrogen-bond donors (Lipinski definition) is 1. The van der Waals surface area contributed by atoms with Crippen molar-refractivity contribution in [3.8, 4) is 0 Å². The minimum atomic E-state index is 0.759. The summed E-state index contributed by atoms with van der Waals surface area (Å²) in [5, 5.41) is 3.43. The zero-order valence-corrected chi connectivity index (χ0v) is 14.3. The van der Waals surface area contributed by atoms with Crippen molar-refractivity contribution in [2.75, 3.05) is 63.2 Å². The summed E-state index contributed by atoms with van der Waals surface area (Å²) in [4.78, 5) is 5.07. The van der Waals surface area contributed by atoms with E-state index in [-0.39, 0.29) is 0 Å². The number of nitrogens with zero attached hydrogens (tertiary/aromatic N) is 2. The molecule has 4 heteroatoms.